The van der Waals surface area contributed by atoms with Crippen LogP contribution in [0.1, 0.15) is 34.7 Å². The minimum absolute atomic E-state index is 0.624. The maximum absolute atomic E-state index is 3.51. The summed E-state index contributed by atoms with van der Waals surface area (Å²) in [5.74, 6) is 0.771. The van der Waals surface area contributed by atoms with Gasteiger partial charge in [-0.15, -0.1) is 11.3 Å². The van der Waals surface area contributed by atoms with Gasteiger partial charge in [0.2, 0.25) is 0 Å². The normalized spacial score (nSPS) is 25.6. The van der Waals surface area contributed by atoms with E-state index < -0.39 is 0 Å². The molecule has 0 saturated carbocycles. The third kappa shape index (κ3) is 2.72. The van der Waals surface area contributed by atoms with E-state index in [1.807, 2.05) is 11.3 Å². The van der Waals surface area contributed by atoms with Crippen LogP contribution in [0.2, 0.25) is 0 Å². The number of nitrogens with one attached hydrogen (secondary N) is 1. The van der Waals surface area contributed by atoms with Crippen molar-refractivity contribution in [2.45, 2.75) is 33.2 Å². The highest BCUT2D eigenvalue weighted by Gasteiger charge is 2.33. The quantitative estimate of drug-likeness (QED) is 0.886. The predicted octanol–water partition coefficient (Wildman–Crippen LogP) is 2.97. The van der Waals surface area contributed by atoms with Crippen LogP contribution in [0, 0.1) is 19.8 Å². The van der Waals surface area contributed by atoms with E-state index in [1.54, 1.807) is 5.56 Å². The lowest BCUT2D eigenvalue weighted by Crippen LogP contribution is -2.28. The molecular formula is C14H24N2S. The molecule has 1 saturated heterocycles. The fraction of sp³-hybridized carbons (Fsp3) is 0.714. The van der Waals surface area contributed by atoms with E-state index in [9.17, 15) is 0 Å². The highest BCUT2D eigenvalue weighted by atomic mass is 32.1. The second-order valence-corrected chi connectivity index (χ2v) is 6.61. The fourth-order valence-corrected chi connectivity index (χ4v) is 3.97. The molecule has 0 aliphatic carbocycles. The van der Waals surface area contributed by atoms with Crippen LogP contribution in [-0.4, -0.2) is 31.6 Å². The van der Waals surface area contributed by atoms with E-state index in [1.165, 1.54) is 22.7 Å². The van der Waals surface area contributed by atoms with Gasteiger partial charge < -0.3 is 5.32 Å². The lowest BCUT2D eigenvalue weighted by Gasteiger charge is -2.25. The van der Waals surface area contributed by atoms with E-state index in [0.717, 1.165) is 19.0 Å². The molecule has 1 aliphatic heterocycles. The number of thiophene rings is 1. The van der Waals surface area contributed by atoms with E-state index in [4.69, 9.17) is 0 Å². The van der Waals surface area contributed by atoms with Gasteiger partial charge in [0.05, 0.1) is 0 Å². The number of rotatable bonds is 4. The van der Waals surface area contributed by atoms with Gasteiger partial charge in [0, 0.05) is 15.8 Å². The lowest BCUT2D eigenvalue weighted by atomic mass is 9.94. The minimum atomic E-state index is 0.624. The van der Waals surface area contributed by atoms with Gasteiger partial charge in [0.15, 0.2) is 0 Å². The Morgan fingerprint density at radius 1 is 1.47 bits per heavy atom. The van der Waals surface area contributed by atoms with Crippen molar-refractivity contribution in [2.24, 2.45) is 5.92 Å². The van der Waals surface area contributed by atoms with E-state index in [-0.39, 0.29) is 0 Å². The molecule has 0 bridgehead atoms. The Balaban J connectivity index is 2.18. The standard InChI is InChI=1S/C14H24N2S/c1-5-15-9-12-6-7-16(4)14(12)13-8-10(2)17-11(13)3/h8,12,14-15H,5-7,9H2,1-4H3. The van der Waals surface area contributed by atoms with E-state index in [0.29, 0.717) is 6.04 Å². The first-order chi connectivity index (χ1) is 8.13. The van der Waals surface area contributed by atoms with Crippen molar-refractivity contribution in [2.75, 3.05) is 26.7 Å². The summed E-state index contributed by atoms with van der Waals surface area (Å²) in [5.41, 5.74) is 1.57. The summed E-state index contributed by atoms with van der Waals surface area (Å²) in [6.45, 7) is 10.1. The maximum atomic E-state index is 3.51. The number of likely N-dealkylation sites (tertiary alicyclic amines) is 1. The van der Waals surface area contributed by atoms with E-state index in [2.05, 4.69) is 44.1 Å². The maximum Gasteiger partial charge on any atom is 0.0396 e. The second kappa shape index (κ2) is 5.51. The Labute approximate surface area is 109 Å². The fourth-order valence-electron chi connectivity index (χ4n) is 3.01. The monoisotopic (exact) mass is 252 g/mol. The summed E-state index contributed by atoms with van der Waals surface area (Å²) in [5, 5.41) is 3.51. The second-order valence-electron chi connectivity index (χ2n) is 5.15. The van der Waals surface area contributed by atoms with Crippen LogP contribution < -0.4 is 5.32 Å². The smallest absolute Gasteiger partial charge is 0.0396 e. The summed E-state index contributed by atoms with van der Waals surface area (Å²) in [4.78, 5) is 5.47. The summed E-state index contributed by atoms with van der Waals surface area (Å²) in [7, 11) is 2.27. The van der Waals surface area contributed by atoms with Crippen LogP contribution in [0.4, 0.5) is 0 Å². The molecule has 3 heteroatoms. The number of hydrogen-bond acceptors (Lipinski definition) is 3. The molecule has 1 aliphatic rings. The Morgan fingerprint density at radius 2 is 2.24 bits per heavy atom. The first kappa shape index (κ1) is 13.1. The lowest BCUT2D eigenvalue weighted by molar-refractivity contribution is 0.272. The van der Waals surface area contributed by atoms with Crippen molar-refractivity contribution in [3.8, 4) is 0 Å². The van der Waals surface area contributed by atoms with Gasteiger partial charge in [-0.3, -0.25) is 4.90 Å². The van der Waals surface area contributed by atoms with Crippen LogP contribution in [0.3, 0.4) is 0 Å². The van der Waals surface area contributed by atoms with Gasteiger partial charge in [-0.25, -0.2) is 0 Å². The summed E-state index contributed by atoms with van der Waals surface area (Å²) in [6, 6.07) is 3.02. The molecule has 0 radical (unpaired) electrons. The Hall–Kier alpha value is -0.380. The zero-order valence-corrected chi connectivity index (χ0v) is 12.2. The average molecular weight is 252 g/mol. The topological polar surface area (TPSA) is 15.3 Å². The zero-order chi connectivity index (χ0) is 12.4. The van der Waals surface area contributed by atoms with Gasteiger partial charge >= 0.3 is 0 Å². The molecule has 0 amide bonds. The van der Waals surface area contributed by atoms with Crippen LogP contribution in [0.25, 0.3) is 0 Å². The molecule has 96 valence electrons. The molecule has 1 aromatic rings. The largest absolute Gasteiger partial charge is 0.317 e. The molecule has 2 atom stereocenters. The third-order valence-corrected chi connectivity index (χ3v) is 4.81. The summed E-state index contributed by atoms with van der Waals surface area (Å²) < 4.78 is 0. The van der Waals surface area contributed by atoms with Gasteiger partial charge in [-0.2, -0.15) is 0 Å². The van der Waals surface area contributed by atoms with E-state index >= 15 is 0 Å². The van der Waals surface area contributed by atoms with Crippen molar-refractivity contribution in [3.05, 3.63) is 21.4 Å². The molecule has 0 aromatic carbocycles. The minimum Gasteiger partial charge on any atom is -0.317 e. The molecule has 1 fully saturated rings. The van der Waals surface area contributed by atoms with Gasteiger partial charge in [-0.1, -0.05) is 6.92 Å². The summed E-state index contributed by atoms with van der Waals surface area (Å²) >= 11 is 1.94. The van der Waals surface area contributed by atoms with Crippen molar-refractivity contribution >= 4 is 11.3 Å². The third-order valence-electron chi connectivity index (χ3n) is 3.83. The summed E-state index contributed by atoms with van der Waals surface area (Å²) in [6.07, 6.45) is 1.32. The van der Waals surface area contributed by atoms with Gasteiger partial charge in [0.1, 0.15) is 0 Å². The number of nitrogens with zero attached hydrogens (tertiary/aromatic N) is 1. The van der Waals surface area contributed by atoms with Crippen LogP contribution in [0.5, 0.6) is 0 Å². The predicted molar refractivity (Wildman–Crippen MR) is 75.8 cm³/mol. The molecular weight excluding hydrogens is 228 g/mol. The molecule has 1 N–H and O–H groups in total. The van der Waals surface area contributed by atoms with Crippen LogP contribution >= 0.6 is 11.3 Å². The van der Waals surface area contributed by atoms with Gasteiger partial charge in [0.25, 0.3) is 0 Å². The molecule has 0 spiro atoms. The average Bonchev–Trinajstić information content (AvgIpc) is 2.79. The van der Waals surface area contributed by atoms with Crippen molar-refractivity contribution in [3.63, 3.8) is 0 Å². The number of aryl methyl sites for hydroxylation is 2. The molecule has 17 heavy (non-hydrogen) atoms. The van der Waals surface area contributed by atoms with Crippen LogP contribution in [-0.2, 0) is 0 Å². The Bertz CT molecular complexity index is 372. The first-order valence-corrected chi connectivity index (χ1v) is 7.43. The number of hydrogen-bond donors (Lipinski definition) is 1. The molecule has 2 rings (SSSR count). The zero-order valence-electron chi connectivity index (χ0n) is 11.4. The van der Waals surface area contributed by atoms with Crippen molar-refractivity contribution in [1.82, 2.24) is 10.2 Å². The molecule has 2 heterocycles. The Morgan fingerprint density at radius 3 is 2.82 bits per heavy atom. The van der Waals surface area contributed by atoms with Crippen LogP contribution in [0.15, 0.2) is 6.07 Å². The SMILES string of the molecule is CCNCC1CCN(C)C1c1cc(C)sc1C. The molecule has 1 aromatic heterocycles. The first-order valence-electron chi connectivity index (χ1n) is 6.61. The van der Waals surface area contributed by atoms with Gasteiger partial charge in [-0.05, 0) is 64.5 Å². The molecule has 2 nitrogen and oxygen atoms in total. The Kier molecular flexibility index (Phi) is 4.23. The highest BCUT2D eigenvalue weighted by molar-refractivity contribution is 7.12. The molecule has 2 unspecified atom stereocenters. The van der Waals surface area contributed by atoms with Crippen molar-refractivity contribution in [1.29, 1.82) is 0 Å². The van der Waals surface area contributed by atoms with Crippen molar-refractivity contribution < 1.29 is 0 Å². The highest BCUT2D eigenvalue weighted by Crippen LogP contribution is 2.39.